The third-order valence-corrected chi connectivity index (χ3v) is 3.45. The number of amides is 1. The Morgan fingerprint density at radius 2 is 2.14 bits per heavy atom. The summed E-state index contributed by atoms with van der Waals surface area (Å²) in [5, 5.41) is 2.90. The second kappa shape index (κ2) is 5.97. The monoisotopic (exact) mass is 283 g/mol. The molecule has 0 fully saturated rings. The molecule has 1 amide bonds. The van der Waals surface area contributed by atoms with Crippen LogP contribution in [-0.4, -0.2) is 19.1 Å². The molecule has 0 bridgehead atoms. The first-order chi connectivity index (χ1) is 10.3. The summed E-state index contributed by atoms with van der Waals surface area (Å²) in [7, 11) is 1.65. The molecular weight excluding hydrogens is 266 g/mol. The van der Waals surface area contributed by atoms with E-state index in [9.17, 15) is 4.79 Å². The predicted molar refractivity (Wildman–Crippen MR) is 80.3 cm³/mol. The summed E-state index contributed by atoms with van der Waals surface area (Å²) in [5.74, 6) is 0.673. The average molecular weight is 283 g/mol. The first-order valence-corrected chi connectivity index (χ1v) is 6.89. The molecule has 108 valence electrons. The number of hydrogen-bond acceptors (Lipinski definition) is 3. The minimum absolute atomic E-state index is 0.124. The molecule has 0 saturated carbocycles. The van der Waals surface area contributed by atoms with Crippen molar-refractivity contribution in [3.63, 3.8) is 0 Å². The van der Waals surface area contributed by atoms with Gasteiger partial charge in [-0.25, -0.2) is 0 Å². The van der Waals surface area contributed by atoms with Crippen LogP contribution in [0.5, 0.6) is 5.75 Å². The number of fused-ring (bicyclic) bond motifs is 1. The van der Waals surface area contributed by atoms with E-state index in [-0.39, 0.29) is 5.91 Å². The maximum atomic E-state index is 12.3. The average Bonchev–Trinajstić information content (AvgIpc) is 2.92. The molecule has 1 aliphatic rings. The van der Waals surface area contributed by atoms with E-state index in [0.29, 0.717) is 13.0 Å². The molecule has 0 aliphatic carbocycles. The van der Waals surface area contributed by atoms with Crippen LogP contribution >= 0.6 is 0 Å². The Hall–Kier alpha value is -2.33. The number of methoxy groups -OCH3 is 1. The maximum Gasteiger partial charge on any atom is 0.265 e. The van der Waals surface area contributed by atoms with Gasteiger partial charge in [-0.2, -0.15) is 0 Å². The van der Waals surface area contributed by atoms with Crippen LogP contribution in [0.3, 0.4) is 0 Å². The third-order valence-electron chi connectivity index (χ3n) is 3.45. The maximum absolute atomic E-state index is 12.3. The van der Waals surface area contributed by atoms with Crippen molar-refractivity contribution in [1.82, 2.24) is 0 Å². The summed E-state index contributed by atoms with van der Waals surface area (Å²) in [6, 6.07) is 15.4. The Bertz CT molecular complexity index is 629. The van der Waals surface area contributed by atoms with Crippen LogP contribution in [0.25, 0.3) is 0 Å². The van der Waals surface area contributed by atoms with Gasteiger partial charge < -0.3 is 14.8 Å². The SMILES string of the molecule is COCc1cccc(NC(=O)C2Cc3ccccc3O2)c1. The van der Waals surface area contributed by atoms with E-state index < -0.39 is 6.10 Å². The Morgan fingerprint density at radius 3 is 2.95 bits per heavy atom. The summed E-state index contributed by atoms with van der Waals surface area (Å²) in [6.45, 7) is 0.523. The van der Waals surface area contributed by atoms with Gasteiger partial charge in [-0.3, -0.25) is 4.79 Å². The van der Waals surface area contributed by atoms with Crippen LogP contribution in [0.2, 0.25) is 0 Å². The molecule has 0 saturated heterocycles. The Labute approximate surface area is 123 Å². The Balaban J connectivity index is 1.66. The number of carbonyl (C=O) groups excluding carboxylic acids is 1. The van der Waals surface area contributed by atoms with Crippen LogP contribution < -0.4 is 10.1 Å². The van der Waals surface area contributed by atoms with Crippen LogP contribution in [0.15, 0.2) is 48.5 Å². The Kier molecular flexibility index (Phi) is 3.88. The third kappa shape index (κ3) is 3.06. The summed E-state index contributed by atoms with van der Waals surface area (Å²) in [5.41, 5.74) is 2.85. The van der Waals surface area contributed by atoms with Gasteiger partial charge in [0.25, 0.3) is 5.91 Å². The minimum Gasteiger partial charge on any atom is -0.480 e. The van der Waals surface area contributed by atoms with Gasteiger partial charge in [0.1, 0.15) is 5.75 Å². The fourth-order valence-electron chi connectivity index (χ4n) is 2.46. The van der Waals surface area contributed by atoms with Crippen LogP contribution in [0, 0.1) is 0 Å². The van der Waals surface area contributed by atoms with Gasteiger partial charge in [-0.15, -0.1) is 0 Å². The molecule has 1 heterocycles. The van der Waals surface area contributed by atoms with Crippen LogP contribution in [0.1, 0.15) is 11.1 Å². The van der Waals surface area contributed by atoms with Crippen LogP contribution in [0.4, 0.5) is 5.69 Å². The van der Waals surface area contributed by atoms with Gasteiger partial charge in [0.05, 0.1) is 6.61 Å². The number of hydrogen-bond donors (Lipinski definition) is 1. The summed E-state index contributed by atoms with van der Waals surface area (Å²) in [4.78, 5) is 12.3. The van der Waals surface area contributed by atoms with Crippen molar-refractivity contribution in [2.24, 2.45) is 0 Å². The number of anilines is 1. The summed E-state index contributed by atoms with van der Waals surface area (Å²) in [6.07, 6.45) is 0.147. The van der Waals surface area contributed by atoms with Crippen molar-refractivity contribution in [3.8, 4) is 5.75 Å². The number of para-hydroxylation sites is 1. The van der Waals surface area contributed by atoms with E-state index in [1.165, 1.54) is 0 Å². The minimum atomic E-state index is -0.464. The molecule has 0 radical (unpaired) electrons. The van der Waals surface area contributed by atoms with Crippen LogP contribution in [-0.2, 0) is 22.6 Å². The van der Waals surface area contributed by atoms with E-state index in [1.807, 2.05) is 48.5 Å². The zero-order valence-electron chi connectivity index (χ0n) is 11.8. The normalized spacial score (nSPS) is 16.1. The molecule has 1 unspecified atom stereocenters. The standard InChI is InChI=1S/C17H17NO3/c1-20-11-12-5-4-7-14(9-12)18-17(19)16-10-13-6-2-3-8-15(13)21-16/h2-9,16H,10-11H2,1H3,(H,18,19). The second-order valence-corrected chi connectivity index (χ2v) is 5.04. The van der Waals surface area contributed by atoms with Crippen molar-refractivity contribution in [1.29, 1.82) is 0 Å². The number of nitrogens with one attached hydrogen (secondary N) is 1. The van der Waals surface area contributed by atoms with Gasteiger partial charge in [0.15, 0.2) is 6.10 Å². The van der Waals surface area contributed by atoms with Crippen molar-refractivity contribution < 1.29 is 14.3 Å². The van der Waals surface area contributed by atoms with Gasteiger partial charge in [-0.05, 0) is 29.3 Å². The van der Waals surface area contributed by atoms with Gasteiger partial charge in [0.2, 0.25) is 0 Å². The first kappa shape index (κ1) is 13.6. The molecule has 2 aromatic rings. The van der Waals surface area contributed by atoms with E-state index in [0.717, 1.165) is 22.6 Å². The lowest BCUT2D eigenvalue weighted by Gasteiger charge is -2.12. The number of rotatable bonds is 4. The second-order valence-electron chi connectivity index (χ2n) is 5.04. The molecule has 21 heavy (non-hydrogen) atoms. The molecule has 1 atom stereocenters. The molecule has 0 spiro atoms. The van der Waals surface area contributed by atoms with Gasteiger partial charge in [0, 0.05) is 19.2 Å². The van der Waals surface area contributed by atoms with E-state index in [4.69, 9.17) is 9.47 Å². The lowest BCUT2D eigenvalue weighted by atomic mass is 10.1. The first-order valence-electron chi connectivity index (χ1n) is 6.89. The zero-order chi connectivity index (χ0) is 14.7. The molecule has 4 heteroatoms. The highest BCUT2D eigenvalue weighted by Gasteiger charge is 2.28. The molecule has 1 aliphatic heterocycles. The lowest BCUT2D eigenvalue weighted by Crippen LogP contribution is -2.31. The highest BCUT2D eigenvalue weighted by atomic mass is 16.5. The molecule has 2 aromatic carbocycles. The molecule has 3 rings (SSSR count). The molecular formula is C17H17NO3. The summed E-state index contributed by atoms with van der Waals surface area (Å²) < 4.78 is 10.8. The quantitative estimate of drug-likeness (QED) is 0.938. The van der Waals surface area contributed by atoms with Crippen molar-refractivity contribution in [3.05, 3.63) is 59.7 Å². The lowest BCUT2D eigenvalue weighted by molar-refractivity contribution is -0.122. The number of benzene rings is 2. The largest absolute Gasteiger partial charge is 0.480 e. The highest BCUT2D eigenvalue weighted by Crippen LogP contribution is 2.28. The van der Waals surface area contributed by atoms with Crippen molar-refractivity contribution in [2.75, 3.05) is 12.4 Å². The van der Waals surface area contributed by atoms with Gasteiger partial charge >= 0.3 is 0 Å². The fourth-order valence-corrected chi connectivity index (χ4v) is 2.46. The van der Waals surface area contributed by atoms with E-state index in [1.54, 1.807) is 7.11 Å². The number of carbonyl (C=O) groups is 1. The molecule has 0 aromatic heterocycles. The molecule has 1 N–H and O–H groups in total. The van der Waals surface area contributed by atoms with Crippen molar-refractivity contribution >= 4 is 11.6 Å². The predicted octanol–water partition coefficient (Wildman–Crippen LogP) is 2.78. The summed E-state index contributed by atoms with van der Waals surface area (Å²) >= 11 is 0. The smallest absolute Gasteiger partial charge is 0.265 e. The number of ether oxygens (including phenoxy) is 2. The zero-order valence-corrected chi connectivity index (χ0v) is 11.8. The highest BCUT2D eigenvalue weighted by molar-refractivity contribution is 5.95. The van der Waals surface area contributed by atoms with Gasteiger partial charge in [-0.1, -0.05) is 30.3 Å². The van der Waals surface area contributed by atoms with E-state index in [2.05, 4.69) is 5.32 Å². The fraction of sp³-hybridized carbons (Fsp3) is 0.235. The topological polar surface area (TPSA) is 47.6 Å². The van der Waals surface area contributed by atoms with Crippen molar-refractivity contribution in [2.45, 2.75) is 19.1 Å². The Morgan fingerprint density at radius 1 is 1.29 bits per heavy atom. The van der Waals surface area contributed by atoms with E-state index >= 15 is 0 Å². The molecule has 4 nitrogen and oxygen atoms in total.